The molecule has 2 atom stereocenters. The van der Waals surface area contributed by atoms with Gasteiger partial charge in [0.25, 0.3) is 0 Å². The van der Waals surface area contributed by atoms with Crippen LogP contribution in [0.5, 0.6) is 0 Å². The van der Waals surface area contributed by atoms with E-state index in [0.717, 1.165) is 51.4 Å². The molecule has 0 aliphatic carbocycles. The number of quaternary nitrogens is 1. The van der Waals surface area contributed by atoms with E-state index in [2.05, 4.69) is 26.0 Å². The molecule has 0 aromatic heterocycles. The van der Waals surface area contributed by atoms with Gasteiger partial charge in [-0.05, 0) is 38.5 Å². The van der Waals surface area contributed by atoms with Crippen LogP contribution in [-0.2, 0) is 28.6 Å². The van der Waals surface area contributed by atoms with Gasteiger partial charge in [-0.1, -0.05) is 122 Å². The second kappa shape index (κ2) is 31.3. The largest absolute Gasteiger partial charge is 0.544 e. The molecule has 0 N–H and O–H groups in total. The number of aliphatic carboxylic acids is 1. The van der Waals surface area contributed by atoms with Gasteiger partial charge >= 0.3 is 11.9 Å². The lowest BCUT2D eigenvalue weighted by Crippen LogP contribution is -2.55. The van der Waals surface area contributed by atoms with Gasteiger partial charge < -0.3 is 28.6 Å². The van der Waals surface area contributed by atoms with Crippen molar-refractivity contribution in [3.63, 3.8) is 0 Å². The van der Waals surface area contributed by atoms with Crippen molar-refractivity contribution in [2.45, 2.75) is 180 Å². The van der Waals surface area contributed by atoms with Crippen LogP contribution >= 0.6 is 0 Å². The van der Waals surface area contributed by atoms with E-state index in [1.54, 1.807) is 21.1 Å². The minimum atomic E-state index is -1.13. The van der Waals surface area contributed by atoms with Crippen LogP contribution in [0.1, 0.15) is 168 Å². The Morgan fingerprint density at radius 1 is 0.617 bits per heavy atom. The zero-order valence-electron chi connectivity index (χ0n) is 31.2. The number of hydrogen-bond acceptors (Lipinski definition) is 7. The topological polar surface area (TPSA) is 102 Å². The maximum absolute atomic E-state index is 12.6. The summed E-state index contributed by atoms with van der Waals surface area (Å²) in [5.74, 6) is -1.74. The molecule has 0 radical (unpaired) electrons. The quantitative estimate of drug-likeness (QED) is 0.0295. The SMILES string of the molecule is CCCCC/C=C/CCCCCCCC(=O)OC(COCCC(C(=O)[O-])[N+](C)(C)C)COC(=O)CCCCCCCCCCCCC. The molecule has 0 spiro atoms. The third-order valence-corrected chi connectivity index (χ3v) is 8.65. The predicted molar refractivity (Wildman–Crippen MR) is 190 cm³/mol. The van der Waals surface area contributed by atoms with Crippen LogP contribution in [0.2, 0.25) is 0 Å². The average molecular weight is 668 g/mol. The number of unbranched alkanes of at least 4 members (excludes halogenated alkanes) is 18. The van der Waals surface area contributed by atoms with E-state index in [9.17, 15) is 19.5 Å². The number of carbonyl (C=O) groups excluding carboxylic acids is 3. The molecule has 8 nitrogen and oxygen atoms in total. The molecule has 0 fully saturated rings. The van der Waals surface area contributed by atoms with Crippen molar-refractivity contribution >= 4 is 17.9 Å². The first-order valence-electron chi connectivity index (χ1n) is 19.2. The normalized spacial score (nSPS) is 13.1. The third kappa shape index (κ3) is 29.9. The fraction of sp³-hybridized carbons (Fsp3) is 0.872. The van der Waals surface area contributed by atoms with Crippen LogP contribution in [-0.4, -0.2) is 75.5 Å². The summed E-state index contributed by atoms with van der Waals surface area (Å²) in [6.45, 7) is 4.61. The Morgan fingerprint density at radius 3 is 1.57 bits per heavy atom. The van der Waals surface area contributed by atoms with Crippen LogP contribution in [0.25, 0.3) is 0 Å². The number of hydrogen-bond donors (Lipinski definition) is 0. The van der Waals surface area contributed by atoms with Gasteiger partial charge in [0.05, 0.1) is 40.3 Å². The van der Waals surface area contributed by atoms with E-state index in [1.807, 2.05) is 0 Å². The van der Waals surface area contributed by atoms with E-state index < -0.39 is 18.1 Å². The number of esters is 2. The van der Waals surface area contributed by atoms with Gasteiger partial charge in [-0.3, -0.25) is 9.59 Å². The van der Waals surface area contributed by atoms with Gasteiger partial charge in [-0.2, -0.15) is 0 Å². The molecule has 0 saturated carbocycles. The maximum atomic E-state index is 12.6. The summed E-state index contributed by atoms with van der Waals surface area (Å²) in [7, 11) is 5.40. The Balaban J connectivity index is 4.43. The molecule has 0 aliphatic heterocycles. The van der Waals surface area contributed by atoms with E-state index in [0.29, 0.717) is 12.8 Å². The van der Waals surface area contributed by atoms with E-state index in [1.165, 1.54) is 83.5 Å². The molecule has 0 saturated heterocycles. The highest BCUT2D eigenvalue weighted by molar-refractivity contribution is 5.70. The minimum Gasteiger partial charge on any atom is -0.544 e. The Labute approximate surface area is 289 Å². The molecule has 0 aliphatic rings. The van der Waals surface area contributed by atoms with Gasteiger partial charge in [0.1, 0.15) is 12.6 Å². The van der Waals surface area contributed by atoms with Crippen molar-refractivity contribution in [2.75, 3.05) is 41.0 Å². The summed E-state index contributed by atoms with van der Waals surface area (Å²) in [6, 6.07) is -0.721. The molecule has 0 amide bonds. The van der Waals surface area contributed by atoms with E-state index >= 15 is 0 Å². The lowest BCUT2D eigenvalue weighted by atomic mass is 10.1. The summed E-state index contributed by atoms with van der Waals surface area (Å²) in [5.41, 5.74) is 0. The molecular weight excluding hydrogens is 594 g/mol. The number of likely N-dealkylation sites (N-methyl/N-ethyl adjacent to an activating group) is 1. The maximum Gasteiger partial charge on any atom is 0.306 e. The molecule has 8 heteroatoms. The van der Waals surface area contributed by atoms with E-state index in [4.69, 9.17) is 14.2 Å². The van der Waals surface area contributed by atoms with Gasteiger partial charge in [0, 0.05) is 19.3 Å². The second-order valence-corrected chi connectivity index (χ2v) is 14.2. The Morgan fingerprint density at radius 2 is 1.06 bits per heavy atom. The number of ether oxygens (including phenoxy) is 3. The van der Waals surface area contributed by atoms with Crippen molar-refractivity contribution < 1.29 is 38.2 Å². The molecule has 0 rings (SSSR count). The highest BCUT2D eigenvalue weighted by atomic mass is 16.6. The van der Waals surface area contributed by atoms with Crippen LogP contribution in [0, 0.1) is 0 Å². The summed E-state index contributed by atoms with van der Waals surface area (Å²) in [4.78, 5) is 36.6. The molecule has 0 aromatic rings. The minimum absolute atomic E-state index is 0.0420. The summed E-state index contributed by atoms with van der Waals surface area (Å²) in [5, 5.41) is 11.6. The molecular formula is C39H73NO7. The van der Waals surface area contributed by atoms with Crippen molar-refractivity contribution in [1.82, 2.24) is 0 Å². The van der Waals surface area contributed by atoms with Crippen LogP contribution in [0.4, 0.5) is 0 Å². The molecule has 0 aromatic carbocycles. The summed E-state index contributed by atoms with van der Waals surface area (Å²) in [6.07, 6.45) is 29.4. The Bertz CT molecular complexity index is 793. The average Bonchev–Trinajstić information content (AvgIpc) is 3.01. The molecule has 276 valence electrons. The van der Waals surface area contributed by atoms with Crippen molar-refractivity contribution in [2.24, 2.45) is 0 Å². The van der Waals surface area contributed by atoms with Crippen molar-refractivity contribution in [3.05, 3.63) is 12.2 Å². The first kappa shape index (κ1) is 45.1. The zero-order chi connectivity index (χ0) is 35.0. The lowest BCUT2D eigenvalue weighted by molar-refractivity contribution is -0.889. The Kier molecular flexibility index (Phi) is 30.1. The van der Waals surface area contributed by atoms with Crippen molar-refractivity contribution in [1.29, 1.82) is 0 Å². The van der Waals surface area contributed by atoms with Gasteiger partial charge in [-0.25, -0.2) is 0 Å². The number of nitrogens with zero attached hydrogens (tertiary/aromatic N) is 1. The van der Waals surface area contributed by atoms with Crippen LogP contribution in [0.15, 0.2) is 12.2 Å². The summed E-state index contributed by atoms with van der Waals surface area (Å²) < 4.78 is 17.1. The smallest absolute Gasteiger partial charge is 0.306 e. The molecule has 47 heavy (non-hydrogen) atoms. The van der Waals surface area contributed by atoms with Gasteiger partial charge in [0.2, 0.25) is 0 Å². The number of carboxylic acids is 1. The second-order valence-electron chi connectivity index (χ2n) is 14.2. The number of rotatable bonds is 34. The fourth-order valence-electron chi connectivity index (χ4n) is 5.59. The highest BCUT2D eigenvalue weighted by Crippen LogP contribution is 2.14. The van der Waals surface area contributed by atoms with Crippen LogP contribution < -0.4 is 5.11 Å². The number of carboxylic acid groups (broad SMARTS) is 1. The molecule has 0 heterocycles. The third-order valence-electron chi connectivity index (χ3n) is 8.65. The first-order valence-corrected chi connectivity index (χ1v) is 19.2. The number of carbonyl (C=O) groups is 3. The highest BCUT2D eigenvalue weighted by Gasteiger charge is 2.25. The van der Waals surface area contributed by atoms with Crippen molar-refractivity contribution in [3.8, 4) is 0 Å². The summed E-state index contributed by atoms with van der Waals surface area (Å²) >= 11 is 0. The standard InChI is InChI=1S/C39H73NO7/c1-6-8-10-12-14-16-18-20-22-24-26-28-30-38(42)47-35(33-45-32-31-36(39(43)44)40(3,4)5)34-46-37(41)29-27-25-23-21-19-17-15-13-11-9-7-2/h14,16,35-36H,6-13,15,17-34H2,1-5H3/b16-14+. The number of allylic oxidation sites excluding steroid dienone is 2. The zero-order valence-corrected chi connectivity index (χ0v) is 31.2. The monoisotopic (exact) mass is 668 g/mol. The lowest BCUT2D eigenvalue weighted by Gasteiger charge is -2.34. The fourth-order valence-corrected chi connectivity index (χ4v) is 5.59. The molecule has 2 unspecified atom stereocenters. The predicted octanol–water partition coefficient (Wildman–Crippen LogP) is 8.24. The van der Waals surface area contributed by atoms with Gasteiger partial charge in [-0.15, -0.1) is 0 Å². The van der Waals surface area contributed by atoms with E-state index in [-0.39, 0.29) is 42.7 Å². The van der Waals surface area contributed by atoms with Crippen LogP contribution in [0.3, 0.4) is 0 Å². The molecule has 0 bridgehead atoms. The Hall–Kier alpha value is -1.93. The first-order chi connectivity index (χ1) is 22.6. The van der Waals surface area contributed by atoms with Gasteiger partial charge in [0.15, 0.2) is 6.10 Å².